The third-order valence-corrected chi connectivity index (χ3v) is 6.12. The minimum Gasteiger partial charge on any atom is -0.378 e. The van der Waals surface area contributed by atoms with Crippen LogP contribution in [0.5, 0.6) is 0 Å². The number of benzene rings is 1. The predicted octanol–water partition coefficient (Wildman–Crippen LogP) is 1.91. The molecule has 0 spiro atoms. The maximum atomic E-state index is 11.7. The summed E-state index contributed by atoms with van der Waals surface area (Å²) in [4.78, 5) is 12.7. The van der Waals surface area contributed by atoms with Crippen molar-refractivity contribution >= 4 is 33.0 Å². The topological polar surface area (TPSA) is 78.4 Å². The van der Waals surface area contributed by atoms with E-state index < -0.39 is 9.84 Å². The molecule has 2 heterocycles. The van der Waals surface area contributed by atoms with Crippen molar-refractivity contribution in [1.82, 2.24) is 9.97 Å². The molecular formula is C17H23N5O2S. The lowest BCUT2D eigenvalue weighted by molar-refractivity contribution is 0.600. The second kappa shape index (κ2) is 6.87. The molecule has 8 heteroatoms. The highest BCUT2D eigenvalue weighted by molar-refractivity contribution is 7.91. The molecule has 2 aromatic rings. The highest BCUT2D eigenvalue weighted by Crippen LogP contribution is 2.23. The Morgan fingerprint density at radius 2 is 1.84 bits per heavy atom. The third kappa shape index (κ3) is 4.19. The minimum atomic E-state index is -2.94. The van der Waals surface area contributed by atoms with Crippen LogP contribution in [-0.4, -0.2) is 57.1 Å². The van der Waals surface area contributed by atoms with Gasteiger partial charge in [0, 0.05) is 44.8 Å². The Bertz CT molecular complexity index is 836. The summed E-state index contributed by atoms with van der Waals surface area (Å²) in [5, 5.41) is 3.26. The first kappa shape index (κ1) is 17.5. The van der Waals surface area contributed by atoms with Crippen molar-refractivity contribution in [2.24, 2.45) is 0 Å². The van der Waals surface area contributed by atoms with Crippen molar-refractivity contribution in [2.45, 2.75) is 12.5 Å². The summed E-state index contributed by atoms with van der Waals surface area (Å²) in [7, 11) is 2.91. The molecule has 3 rings (SSSR count). The molecular weight excluding hydrogens is 338 g/mol. The Labute approximate surface area is 148 Å². The normalized spacial score (nSPS) is 18.8. The molecule has 0 aliphatic carbocycles. The van der Waals surface area contributed by atoms with Gasteiger partial charge in [-0.05, 0) is 36.8 Å². The fraction of sp³-hybridized carbons (Fsp3) is 0.412. The zero-order chi connectivity index (χ0) is 18.0. The van der Waals surface area contributed by atoms with Gasteiger partial charge in [0.2, 0.25) is 5.95 Å². The standard InChI is InChI=1S/C17H23N5O2S/c1-21(2)14-6-4-13(5-7-14)19-16-8-10-18-17(20-16)22(3)15-9-11-25(23,24)12-15/h4-8,10,15H,9,11-12H2,1-3H3,(H,18,19,20). The van der Waals surface area contributed by atoms with Gasteiger partial charge in [-0.25, -0.2) is 13.4 Å². The molecule has 0 amide bonds. The van der Waals surface area contributed by atoms with Crippen LogP contribution in [0.2, 0.25) is 0 Å². The fourth-order valence-corrected chi connectivity index (χ4v) is 4.60. The largest absolute Gasteiger partial charge is 0.378 e. The Hall–Kier alpha value is -2.35. The van der Waals surface area contributed by atoms with E-state index in [1.54, 1.807) is 12.3 Å². The number of nitrogens with one attached hydrogen (secondary N) is 1. The average molecular weight is 361 g/mol. The molecule has 1 aromatic carbocycles. The van der Waals surface area contributed by atoms with E-state index >= 15 is 0 Å². The maximum absolute atomic E-state index is 11.7. The number of rotatable bonds is 5. The summed E-state index contributed by atoms with van der Waals surface area (Å²) >= 11 is 0. The first-order chi connectivity index (χ1) is 11.8. The lowest BCUT2D eigenvalue weighted by atomic mass is 10.2. The van der Waals surface area contributed by atoms with Gasteiger partial charge < -0.3 is 15.1 Å². The van der Waals surface area contributed by atoms with Crippen molar-refractivity contribution in [3.8, 4) is 0 Å². The third-order valence-electron chi connectivity index (χ3n) is 4.37. The van der Waals surface area contributed by atoms with Gasteiger partial charge in [-0.2, -0.15) is 4.98 Å². The molecule has 7 nitrogen and oxygen atoms in total. The van der Waals surface area contributed by atoms with E-state index in [2.05, 4.69) is 15.3 Å². The zero-order valence-electron chi connectivity index (χ0n) is 14.7. The number of anilines is 4. The fourth-order valence-electron chi connectivity index (χ4n) is 2.82. The van der Waals surface area contributed by atoms with Crippen LogP contribution in [-0.2, 0) is 9.84 Å². The predicted molar refractivity (Wildman–Crippen MR) is 102 cm³/mol. The molecule has 134 valence electrons. The molecule has 0 bridgehead atoms. The molecule has 1 fully saturated rings. The van der Waals surface area contributed by atoms with Gasteiger partial charge in [0.05, 0.1) is 11.5 Å². The van der Waals surface area contributed by atoms with Crippen molar-refractivity contribution in [1.29, 1.82) is 0 Å². The Morgan fingerprint density at radius 3 is 2.44 bits per heavy atom. The maximum Gasteiger partial charge on any atom is 0.227 e. The van der Waals surface area contributed by atoms with E-state index in [0.717, 1.165) is 11.4 Å². The molecule has 25 heavy (non-hydrogen) atoms. The van der Waals surface area contributed by atoms with Gasteiger partial charge in [0.25, 0.3) is 0 Å². The smallest absolute Gasteiger partial charge is 0.227 e. The monoisotopic (exact) mass is 361 g/mol. The molecule has 1 saturated heterocycles. The van der Waals surface area contributed by atoms with Crippen molar-refractivity contribution < 1.29 is 8.42 Å². The number of nitrogens with zero attached hydrogens (tertiary/aromatic N) is 4. The van der Waals surface area contributed by atoms with E-state index in [-0.39, 0.29) is 17.5 Å². The quantitative estimate of drug-likeness (QED) is 0.871. The SMILES string of the molecule is CN(C)c1ccc(Nc2ccnc(N(C)C3CCS(=O)(=O)C3)n2)cc1. The average Bonchev–Trinajstić information content (AvgIpc) is 2.95. The number of sulfone groups is 1. The molecule has 1 aromatic heterocycles. The van der Waals surface area contributed by atoms with Crippen LogP contribution in [0.25, 0.3) is 0 Å². The number of hydrogen-bond acceptors (Lipinski definition) is 7. The van der Waals surface area contributed by atoms with Crippen LogP contribution < -0.4 is 15.1 Å². The summed E-state index contributed by atoms with van der Waals surface area (Å²) in [6.07, 6.45) is 2.30. The van der Waals surface area contributed by atoms with Crippen molar-refractivity contribution in [3.63, 3.8) is 0 Å². The number of hydrogen-bond donors (Lipinski definition) is 1. The summed E-state index contributed by atoms with van der Waals surface area (Å²) in [5.74, 6) is 1.60. The first-order valence-electron chi connectivity index (χ1n) is 8.15. The summed E-state index contributed by atoms with van der Waals surface area (Å²) < 4.78 is 23.4. The second-order valence-corrected chi connectivity index (χ2v) is 8.70. The van der Waals surface area contributed by atoms with E-state index in [1.807, 2.05) is 55.2 Å². The van der Waals surface area contributed by atoms with Gasteiger partial charge in [0.15, 0.2) is 9.84 Å². The van der Waals surface area contributed by atoms with E-state index in [4.69, 9.17) is 0 Å². The summed E-state index contributed by atoms with van der Waals surface area (Å²) in [6.45, 7) is 0. The van der Waals surface area contributed by atoms with Crippen LogP contribution in [0.3, 0.4) is 0 Å². The van der Waals surface area contributed by atoms with Crippen LogP contribution in [0, 0.1) is 0 Å². The van der Waals surface area contributed by atoms with Crippen molar-refractivity contribution in [2.75, 3.05) is 47.8 Å². The molecule has 1 N–H and O–H groups in total. The molecule has 1 aliphatic heterocycles. The highest BCUT2D eigenvalue weighted by atomic mass is 32.2. The molecule has 1 atom stereocenters. The second-order valence-electron chi connectivity index (χ2n) is 6.48. The summed E-state index contributed by atoms with van der Waals surface area (Å²) in [5.41, 5.74) is 2.05. The van der Waals surface area contributed by atoms with Crippen LogP contribution >= 0.6 is 0 Å². The van der Waals surface area contributed by atoms with Gasteiger partial charge in [-0.3, -0.25) is 0 Å². The van der Waals surface area contributed by atoms with Gasteiger partial charge in [-0.1, -0.05) is 0 Å². The lowest BCUT2D eigenvalue weighted by Gasteiger charge is -2.23. The van der Waals surface area contributed by atoms with E-state index in [0.29, 0.717) is 18.2 Å². The molecule has 1 unspecified atom stereocenters. The van der Waals surface area contributed by atoms with Gasteiger partial charge in [-0.15, -0.1) is 0 Å². The molecule has 0 radical (unpaired) electrons. The van der Waals surface area contributed by atoms with Crippen molar-refractivity contribution in [3.05, 3.63) is 36.5 Å². The highest BCUT2D eigenvalue weighted by Gasteiger charge is 2.31. The number of aromatic nitrogens is 2. The van der Waals surface area contributed by atoms with E-state index in [1.165, 1.54) is 0 Å². The minimum absolute atomic E-state index is 0.0698. The van der Waals surface area contributed by atoms with Crippen LogP contribution in [0.15, 0.2) is 36.5 Å². The molecule has 0 saturated carbocycles. The molecule has 1 aliphatic rings. The Balaban J connectivity index is 1.73. The van der Waals surface area contributed by atoms with Crippen LogP contribution in [0.4, 0.5) is 23.1 Å². The lowest BCUT2D eigenvalue weighted by Crippen LogP contribution is -2.33. The van der Waals surface area contributed by atoms with Crippen LogP contribution in [0.1, 0.15) is 6.42 Å². The Morgan fingerprint density at radius 1 is 1.12 bits per heavy atom. The van der Waals surface area contributed by atoms with Gasteiger partial charge >= 0.3 is 0 Å². The Kier molecular flexibility index (Phi) is 4.80. The van der Waals surface area contributed by atoms with Gasteiger partial charge in [0.1, 0.15) is 5.82 Å². The first-order valence-corrected chi connectivity index (χ1v) is 9.97. The zero-order valence-corrected chi connectivity index (χ0v) is 15.5. The summed E-state index contributed by atoms with van der Waals surface area (Å²) in [6, 6.07) is 9.76. The van der Waals surface area contributed by atoms with E-state index in [9.17, 15) is 8.42 Å².